The van der Waals surface area contributed by atoms with E-state index >= 15 is 0 Å². The fourth-order valence-corrected chi connectivity index (χ4v) is 2.81. The van der Waals surface area contributed by atoms with E-state index in [1.165, 1.54) is 20.1 Å². The fraction of sp³-hybridized carbons (Fsp3) is 0.200. The lowest BCUT2D eigenvalue weighted by molar-refractivity contribution is -0.137. The van der Waals surface area contributed by atoms with Crippen LogP contribution in [0.1, 0.15) is 28.5 Å². The molecule has 4 nitrogen and oxygen atoms in total. The van der Waals surface area contributed by atoms with Gasteiger partial charge in [0, 0.05) is 22.3 Å². The summed E-state index contributed by atoms with van der Waals surface area (Å²) >= 11 is 0. The van der Waals surface area contributed by atoms with E-state index in [0.717, 1.165) is 12.1 Å². The van der Waals surface area contributed by atoms with Gasteiger partial charge in [-0.15, -0.1) is 0 Å². The Hall–Kier alpha value is -3.09. The van der Waals surface area contributed by atoms with Gasteiger partial charge in [-0.2, -0.15) is 13.2 Å². The van der Waals surface area contributed by atoms with E-state index in [0.29, 0.717) is 33.8 Å². The predicted molar refractivity (Wildman–Crippen MR) is 97.8 cm³/mol. The number of ether oxygens (including phenoxy) is 1. The number of aromatic nitrogens is 1. The molecule has 0 unspecified atom stereocenters. The van der Waals surface area contributed by atoms with Crippen LogP contribution in [-0.4, -0.2) is 17.9 Å². The molecule has 0 saturated heterocycles. The van der Waals surface area contributed by atoms with Gasteiger partial charge in [0.2, 0.25) is 0 Å². The third kappa shape index (κ3) is 3.86. The number of fused-ring (bicyclic) bond motifs is 1. The molecular weight excluding hydrogens is 357 g/mol. The van der Waals surface area contributed by atoms with Gasteiger partial charge in [0.1, 0.15) is 5.75 Å². The van der Waals surface area contributed by atoms with Gasteiger partial charge in [-0.05, 0) is 50.2 Å². The number of methoxy groups -OCH3 is 1. The maximum Gasteiger partial charge on any atom is 0.416 e. The number of Topliss-reactive ketones (excluding diaryl/α,β-unsaturated/α-hetero) is 1. The lowest BCUT2D eigenvalue weighted by Gasteiger charge is -2.15. The Labute approximate surface area is 154 Å². The van der Waals surface area contributed by atoms with Gasteiger partial charge in [-0.3, -0.25) is 9.78 Å². The number of ketones is 1. The van der Waals surface area contributed by atoms with Crippen molar-refractivity contribution in [1.29, 1.82) is 0 Å². The Kier molecular flexibility index (Phi) is 4.78. The molecule has 2 aromatic carbocycles. The van der Waals surface area contributed by atoms with Gasteiger partial charge >= 0.3 is 6.18 Å². The van der Waals surface area contributed by atoms with Gasteiger partial charge in [0.25, 0.3) is 0 Å². The van der Waals surface area contributed by atoms with E-state index in [4.69, 9.17) is 4.74 Å². The highest BCUT2D eigenvalue weighted by Gasteiger charge is 2.30. The molecule has 0 fully saturated rings. The second-order valence-corrected chi connectivity index (χ2v) is 6.14. The molecule has 0 amide bonds. The molecule has 1 N–H and O–H groups in total. The van der Waals surface area contributed by atoms with E-state index in [1.54, 1.807) is 31.2 Å². The summed E-state index contributed by atoms with van der Waals surface area (Å²) in [7, 11) is 1.50. The van der Waals surface area contributed by atoms with E-state index in [-0.39, 0.29) is 11.3 Å². The first-order valence-electron chi connectivity index (χ1n) is 8.13. The summed E-state index contributed by atoms with van der Waals surface area (Å²) in [5.41, 5.74) is 1.64. The zero-order valence-corrected chi connectivity index (χ0v) is 14.9. The Balaban J connectivity index is 2.12. The van der Waals surface area contributed by atoms with Gasteiger partial charge < -0.3 is 10.1 Å². The zero-order chi connectivity index (χ0) is 19.8. The first-order chi connectivity index (χ1) is 12.7. The quantitative estimate of drug-likeness (QED) is 0.611. The van der Waals surface area contributed by atoms with Crippen LogP contribution in [0.15, 0.2) is 42.5 Å². The van der Waals surface area contributed by atoms with Crippen LogP contribution in [0.3, 0.4) is 0 Å². The number of benzene rings is 2. The molecule has 3 aromatic rings. The number of carbonyl (C=O) groups is 1. The van der Waals surface area contributed by atoms with Crippen molar-refractivity contribution in [1.82, 2.24) is 4.98 Å². The van der Waals surface area contributed by atoms with Crippen molar-refractivity contribution in [2.45, 2.75) is 20.0 Å². The minimum atomic E-state index is -4.44. The van der Waals surface area contributed by atoms with Crippen LogP contribution in [0.25, 0.3) is 10.9 Å². The smallest absolute Gasteiger partial charge is 0.416 e. The second-order valence-electron chi connectivity index (χ2n) is 6.14. The van der Waals surface area contributed by atoms with E-state index in [2.05, 4.69) is 10.3 Å². The van der Waals surface area contributed by atoms with Crippen molar-refractivity contribution in [2.75, 3.05) is 12.4 Å². The number of nitrogens with one attached hydrogen (secondary N) is 1. The van der Waals surface area contributed by atoms with Crippen LogP contribution in [0.2, 0.25) is 0 Å². The number of pyridine rings is 1. The molecule has 27 heavy (non-hydrogen) atoms. The van der Waals surface area contributed by atoms with Crippen molar-refractivity contribution in [3.8, 4) is 5.75 Å². The number of hydrogen-bond acceptors (Lipinski definition) is 4. The molecule has 7 heteroatoms. The molecule has 0 aliphatic heterocycles. The first-order valence-corrected chi connectivity index (χ1v) is 8.13. The topological polar surface area (TPSA) is 51.2 Å². The number of aryl methyl sites for hydroxylation is 1. The van der Waals surface area contributed by atoms with Crippen LogP contribution in [0.5, 0.6) is 5.75 Å². The van der Waals surface area contributed by atoms with Crippen molar-refractivity contribution in [3.05, 3.63) is 59.3 Å². The van der Waals surface area contributed by atoms with Gasteiger partial charge in [0.15, 0.2) is 5.78 Å². The summed E-state index contributed by atoms with van der Waals surface area (Å²) in [6, 6.07) is 10.1. The molecule has 1 aromatic heterocycles. The summed E-state index contributed by atoms with van der Waals surface area (Å²) in [6.45, 7) is 3.16. The summed E-state index contributed by atoms with van der Waals surface area (Å²) in [5, 5.41) is 3.69. The highest BCUT2D eigenvalue weighted by atomic mass is 19.4. The van der Waals surface area contributed by atoms with Crippen molar-refractivity contribution >= 4 is 28.1 Å². The Morgan fingerprint density at radius 2 is 1.81 bits per heavy atom. The number of nitrogens with zero attached hydrogens (tertiary/aromatic N) is 1. The summed E-state index contributed by atoms with van der Waals surface area (Å²) in [4.78, 5) is 15.9. The molecule has 0 atom stereocenters. The maximum atomic E-state index is 13.0. The maximum absolute atomic E-state index is 13.0. The third-order valence-electron chi connectivity index (χ3n) is 4.14. The average molecular weight is 374 g/mol. The molecule has 0 saturated carbocycles. The number of rotatable bonds is 4. The van der Waals surface area contributed by atoms with E-state index < -0.39 is 11.7 Å². The molecule has 1 heterocycles. The van der Waals surface area contributed by atoms with Gasteiger partial charge in [-0.1, -0.05) is 6.07 Å². The van der Waals surface area contributed by atoms with E-state index in [9.17, 15) is 18.0 Å². The molecule has 0 bridgehead atoms. The third-order valence-corrected chi connectivity index (χ3v) is 4.14. The summed E-state index contributed by atoms with van der Waals surface area (Å²) in [5.74, 6) is 0.404. The number of alkyl halides is 3. The van der Waals surface area contributed by atoms with Crippen LogP contribution in [0, 0.1) is 6.92 Å². The van der Waals surface area contributed by atoms with Crippen LogP contribution < -0.4 is 10.1 Å². The Morgan fingerprint density at radius 1 is 1.07 bits per heavy atom. The standard InChI is InChI=1S/C20H17F3N2O2/c1-11-8-16(15-6-5-14(20(21,22)23)10-17(15)24-11)25-18-9-13(12(2)26)4-7-19(18)27-3/h4-10H,1-3H3,(H,24,25). The normalized spacial score (nSPS) is 11.5. The lowest BCUT2D eigenvalue weighted by Crippen LogP contribution is -2.05. The molecule has 0 aliphatic carbocycles. The van der Waals surface area contributed by atoms with Crippen LogP contribution in [0.4, 0.5) is 24.5 Å². The number of anilines is 2. The predicted octanol–water partition coefficient (Wildman–Crippen LogP) is 5.52. The molecule has 0 spiro atoms. The summed E-state index contributed by atoms with van der Waals surface area (Å²) in [6.07, 6.45) is -4.44. The highest BCUT2D eigenvalue weighted by Crippen LogP contribution is 2.35. The Morgan fingerprint density at radius 3 is 2.44 bits per heavy atom. The minimum absolute atomic E-state index is 0.105. The fourth-order valence-electron chi connectivity index (χ4n) is 2.81. The first kappa shape index (κ1) is 18.7. The highest BCUT2D eigenvalue weighted by molar-refractivity contribution is 5.97. The number of hydrogen-bond donors (Lipinski definition) is 1. The molecule has 0 aliphatic rings. The SMILES string of the molecule is COc1ccc(C(C)=O)cc1Nc1cc(C)nc2cc(C(F)(F)F)ccc12. The summed E-state index contributed by atoms with van der Waals surface area (Å²) < 4.78 is 44.3. The monoisotopic (exact) mass is 374 g/mol. The average Bonchev–Trinajstić information content (AvgIpc) is 2.60. The molecule has 0 radical (unpaired) electrons. The lowest BCUT2D eigenvalue weighted by atomic mass is 10.1. The van der Waals surface area contributed by atoms with Crippen molar-refractivity contribution < 1.29 is 22.7 Å². The molecular formula is C20H17F3N2O2. The molecule has 140 valence electrons. The zero-order valence-electron chi connectivity index (χ0n) is 14.9. The second kappa shape index (κ2) is 6.90. The van der Waals surface area contributed by atoms with E-state index in [1.807, 2.05) is 0 Å². The number of carbonyl (C=O) groups excluding carboxylic acids is 1. The van der Waals surface area contributed by atoms with Crippen molar-refractivity contribution in [3.63, 3.8) is 0 Å². The van der Waals surface area contributed by atoms with Crippen LogP contribution >= 0.6 is 0 Å². The van der Waals surface area contributed by atoms with Gasteiger partial charge in [-0.25, -0.2) is 0 Å². The largest absolute Gasteiger partial charge is 0.495 e. The van der Waals surface area contributed by atoms with Crippen LogP contribution in [-0.2, 0) is 6.18 Å². The molecule has 3 rings (SSSR count). The Bertz CT molecular complexity index is 1030. The number of halogens is 3. The minimum Gasteiger partial charge on any atom is -0.495 e. The van der Waals surface area contributed by atoms with Gasteiger partial charge in [0.05, 0.1) is 23.9 Å². The van der Waals surface area contributed by atoms with Crippen molar-refractivity contribution in [2.24, 2.45) is 0 Å².